The van der Waals surface area contributed by atoms with Gasteiger partial charge in [-0.05, 0) is 18.2 Å². The molecule has 0 fully saturated rings. The van der Waals surface area contributed by atoms with Gasteiger partial charge in [0.05, 0.1) is 12.2 Å². The van der Waals surface area contributed by atoms with Crippen LogP contribution in [0.5, 0.6) is 0 Å². The minimum Gasteiger partial charge on any atom is -0.347 e. The molecule has 1 aromatic heterocycles. The molecule has 1 rings (SSSR count). The van der Waals surface area contributed by atoms with Gasteiger partial charge in [-0.2, -0.15) is 0 Å². The van der Waals surface area contributed by atoms with E-state index in [2.05, 4.69) is 16.9 Å². The van der Waals surface area contributed by atoms with Crippen molar-refractivity contribution in [1.29, 1.82) is 0 Å². The maximum atomic E-state index is 10.7. The quantitative estimate of drug-likeness (QED) is 0.670. The normalized spacial score (nSPS) is 9.00. The van der Waals surface area contributed by atoms with Gasteiger partial charge in [0.25, 0.3) is 0 Å². The summed E-state index contributed by atoms with van der Waals surface area (Å²) in [7, 11) is 0. The van der Waals surface area contributed by atoms with Crippen LogP contribution in [0, 0.1) is 0 Å². The molecule has 0 saturated heterocycles. The zero-order valence-electron chi connectivity index (χ0n) is 6.66. The third-order valence-electron chi connectivity index (χ3n) is 1.36. The van der Waals surface area contributed by atoms with Crippen LogP contribution in [-0.2, 0) is 11.3 Å². The average molecular weight is 162 g/mol. The highest BCUT2D eigenvalue weighted by molar-refractivity contribution is 5.86. The number of carbonyl (C=O) groups excluding carboxylic acids is 1. The number of aromatic nitrogens is 1. The Hall–Kier alpha value is -1.64. The lowest BCUT2D eigenvalue weighted by molar-refractivity contribution is -0.116. The first kappa shape index (κ1) is 8.46. The number of amides is 1. The standard InChI is InChI=1S/C9H10N2O/c1-2-9(12)11-7-8-5-3-4-6-10-8/h2-6H,1,7H2,(H,11,12). The molecule has 0 radical (unpaired) electrons. The van der Waals surface area contributed by atoms with E-state index < -0.39 is 0 Å². The average Bonchev–Trinajstić information content (AvgIpc) is 2.16. The fourth-order valence-corrected chi connectivity index (χ4v) is 0.753. The van der Waals surface area contributed by atoms with E-state index in [1.807, 2.05) is 18.2 Å². The maximum Gasteiger partial charge on any atom is 0.243 e. The van der Waals surface area contributed by atoms with Gasteiger partial charge in [0.1, 0.15) is 0 Å². The van der Waals surface area contributed by atoms with Crippen LogP contribution in [0.2, 0.25) is 0 Å². The van der Waals surface area contributed by atoms with Gasteiger partial charge in [-0.3, -0.25) is 9.78 Å². The molecule has 0 unspecified atom stereocenters. The Kier molecular flexibility index (Phi) is 3.02. The third kappa shape index (κ3) is 2.54. The summed E-state index contributed by atoms with van der Waals surface area (Å²) in [6.45, 7) is 3.79. The van der Waals surface area contributed by atoms with Crippen molar-refractivity contribution in [1.82, 2.24) is 10.3 Å². The van der Waals surface area contributed by atoms with Crippen LogP contribution in [0.4, 0.5) is 0 Å². The molecule has 1 amide bonds. The van der Waals surface area contributed by atoms with Crippen LogP contribution in [0.15, 0.2) is 37.1 Å². The molecule has 0 saturated carbocycles. The molecule has 62 valence electrons. The summed E-state index contributed by atoms with van der Waals surface area (Å²) < 4.78 is 0. The first-order valence-corrected chi connectivity index (χ1v) is 3.63. The summed E-state index contributed by atoms with van der Waals surface area (Å²) in [6, 6.07) is 5.56. The molecule has 12 heavy (non-hydrogen) atoms. The molecule has 1 aromatic rings. The van der Waals surface area contributed by atoms with Crippen molar-refractivity contribution in [2.45, 2.75) is 6.54 Å². The molecule has 0 bridgehead atoms. The largest absolute Gasteiger partial charge is 0.347 e. The van der Waals surface area contributed by atoms with Crippen molar-refractivity contribution in [3.8, 4) is 0 Å². The smallest absolute Gasteiger partial charge is 0.243 e. The van der Waals surface area contributed by atoms with E-state index in [0.29, 0.717) is 6.54 Å². The number of pyridine rings is 1. The van der Waals surface area contributed by atoms with E-state index >= 15 is 0 Å². The van der Waals surface area contributed by atoms with Crippen molar-refractivity contribution < 1.29 is 4.79 Å². The first-order valence-electron chi connectivity index (χ1n) is 3.63. The first-order chi connectivity index (χ1) is 5.83. The Bertz CT molecular complexity index is 269. The zero-order valence-corrected chi connectivity index (χ0v) is 6.66. The highest BCUT2D eigenvalue weighted by Gasteiger charge is 1.94. The van der Waals surface area contributed by atoms with Gasteiger partial charge in [-0.1, -0.05) is 12.6 Å². The summed E-state index contributed by atoms with van der Waals surface area (Å²) in [4.78, 5) is 14.8. The minimum absolute atomic E-state index is 0.180. The minimum atomic E-state index is -0.180. The summed E-state index contributed by atoms with van der Waals surface area (Å²) in [5, 5.41) is 2.63. The molecule has 1 heterocycles. The van der Waals surface area contributed by atoms with Gasteiger partial charge in [-0.15, -0.1) is 0 Å². The molecule has 0 atom stereocenters. The lowest BCUT2D eigenvalue weighted by atomic mass is 10.3. The number of nitrogens with zero attached hydrogens (tertiary/aromatic N) is 1. The zero-order chi connectivity index (χ0) is 8.81. The SMILES string of the molecule is C=CC(=O)NCc1ccccn1. The van der Waals surface area contributed by atoms with Gasteiger partial charge in [-0.25, -0.2) is 0 Å². The van der Waals surface area contributed by atoms with E-state index in [-0.39, 0.29) is 5.91 Å². The predicted molar refractivity (Wildman–Crippen MR) is 46.3 cm³/mol. The second-order valence-corrected chi connectivity index (χ2v) is 2.24. The van der Waals surface area contributed by atoms with Crippen LogP contribution in [0.3, 0.4) is 0 Å². The number of hydrogen-bond donors (Lipinski definition) is 1. The lowest BCUT2D eigenvalue weighted by Gasteiger charge is -1.99. The fourth-order valence-electron chi connectivity index (χ4n) is 0.753. The molecule has 0 spiro atoms. The highest BCUT2D eigenvalue weighted by Crippen LogP contribution is 1.91. The highest BCUT2D eigenvalue weighted by atomic mass is 16.1. The van der Waals surface area contributed by atoms with E-state index in [9.17, 15) is 4.79 Å². The molecule has 3 heteroatoms. The second-order valence-electron chi connectivity index (χ2n) is 2.24. The van der Waals surface area contributed by atoms with Gasteiger partial charge < -0.3 is 5.32 Å². The Morgan fingerprint density at radius 2 is 2.50 bits per heavy atom. The van der Waals surface area contributed by atoms with Gasteiger partial charge >= 0.3 is 0 Å². The van der Waals surface area contributed by atoms with Crippen LogP contribution in [0.1, 0.15) is 5.69 Å². The molecule has 0 aliphatic heterocycles. The number of carbonyl (C=O) groups is 1. The Morgan fingerprint density at radius 1 is 1.67 bits per heavy atom. The summed E-state index contributed by atoms with van der Waals surface area (Å²) in [6.07, 6.45) is 2.93. The molecular formula is C9H10N2O. The summed E-state index contributed by atoms with van der Waals surface area (Å²) in [5.41, 5.74) is 0.840. The van der Waals surface area contributed by atoms with Crippen LogP contribution >= 0.6 is 0 Å². The Balaban J connectivity index is 2.43. The van der Waals surface area contributed by atoms with Crippen molar-refractivity contribution in [3.05, 3.63) is 42.7 Å². The van der Waals surface area contributed by atoms with Crippen molar-refractivity contribution in [2.24, 2.45) is 0 Å². The topological polar surface area (TPSA) is 42.0 Å². The van der Waals surface area contributed by atoms with Crippen molar-refractivity contribution >= 4 is 5.91 Å². The Morgan fingerprint density at radius 3 is 3.08 bits per heavy atom. The van der Waals surface area contributed by atoms with E-state index in [1.165, 1.54) is 6.08 Å². The summed E-state index contributed by atoms with van der Waals surface area (Å²) in [5.74, 6) is -0.180. The van der Waals surface area contributed by atoms with E-state index in [0.717, 1.165) is 5.69 Å². The predicted octanol–water partition coefficient (Wildman–Crippen LogP) is 0.884. The van der Waals surface area contributed by atoms with Crippen molar-refractivity contribution in [3.63, 3.8) is 0 Å². The molecular weight excluding hydrogens is 152 g/mol. The number of rotatable bonds is 3. The van der Waals surface area contributed by atoms with Gasteiger partial charge in [0.2, 0.25) is 5.91 Å². The molecule has 3 nitrogen and oxygen atoms in total. The monoisotopic (exact) mass is 162 g/mol. The second kappa shape index (κ2) is 4.28. The van der Waals surface area contributed by atoms with E-state index in [1.54, 1.807) is 6.20 Å². The molecule has 1 N–H and O–H groups in total. The third-order valence-corrected chi connectivity index (χ3v) is 1.36. The molecule has 0 aliphatic rings. The van der Waals surface area contributed by atoms with Crippen LogP contribution < -0.4 is 5.32 Å². The molecule has 0 aromatic carbocycles. The maximum absolute atomic E-state index is 10.7. The Labute approximate surface area is 71.1 Å². The van der Waals surface area contributed by atoms with Crippen LogP contribution in [0.25, 0.3) is 0 Å². The van der Waals surface area contributed by atoms with Crippen molar-refractivity contribution in [2.75, 3.05) is 0 Å². The van der Waals surface area contributed by atoms with Gasteiger partial charge in [0, 0.05) is 6.20 Å². The lowest BCUT2D eigenvalue weighted by Crippen LogP contribution is -2.20. The molecule has 0 aliphatic carbocycles. The van der Waals surface area contributed by atoms with E-state index in [4.69, 9.17) is 0 Å². The fraction of sp³-hybridized carbons (Fsp3) is 0.111. The van der Waals surface area contributed by atoms with Crippen LogP contribution in [-0.4, -0.2) is 10.9 Å². The number of hydrogen-bond acceptors (Lipinski definition) is 2. The summed E-state index contributed by atoms with van der Waals surface area (Å²) >= 11 is 0. The van der Waals surface area contributed by atoms with Gasteiger partial charge in [0.15, 0.2) is 0 Å². The number of nitrogens with one attached hydrogen (secondary N) is 1.